The standard InChI is InChI=1S/C25H19N/c1-2-26-24-10-6-5-9-20(24)21-12-11-17-14-22-18(15-23(17)25(21)26)13-16-7-3-4-8-19(16)22/h3-12,14-15H,2,13H2,1H3. The molecule has 1 nitrogen and oxygen atoms in total. The van der Waals surface area contributed by atoms with Crippen molar-refractivity contribution in [2.75, 3.05) is 0 Å². The zero-order valence-electron chi connectivity index (χ0n) is 14.8. The van der Waals surface area contributed by atoms with Crippen molar-refractivity contribution < 1.29 is 0 Å². The number of hydrogen-bond acceptors (Lipinski definition) is 0. The maximum atomic E-state index is 2.47. The molecule has 0 aliphatic heterocycles. The Kier molecular flexibility index (Phi) is 2.71. The second-order valence-electron chi connectivity index (χ2n) is 7.29. The number of fused-ring (bicyclic) bond motifs is 8. The first-order valence-electron chi connectivity index (χ1n) is 9.40. The molecule has 124 valence electrons. The summed E-state index contributed by atoms with van der Waals surface area (Å²) in [5.74, 6) is 0. The van der Waals surface area contributed by atoms with E-state index in [4.69, 9.17) is 0 Å². The average Bonchev–Trinajstić information content (AvgIpc) is 3.21. The van der Waals surface area contributed by atoms with Crippen molar-refractivity contribution in [1.82, 2.24) is 4.57 Å². The highest BCUT2D eigenvalue weighted by atomic mass is 15.0. The molecule has 1 aliphatic rings. The first-order chi connectivity index (χ1) is 12.8. The van der Waals surface area contributed by atoms with Crippen LogP contribution in [0.3, 0.4) is 0 Å². The van der Waals surface area contributed by atoms with Gasteiger partial charge in [0, 0.05) is 28.2 Å². The molecule has 6 rings (SSSR count). The minimum atomic E-state index is 0.987. The molecule has 0 fully saturated rings. The average molecular weight is 333 g/mol. The summed E-state index contributed by atoms with van der Waals surface area (Å²) in [5, 5.41) is 5.44. The van der Waals surface area contributed by atoms with Crippen LogP contribution < -0.4 is 0 Å². The molecule has 1 heteroatoms. The van der Waals surface area contributed by atoms with E-state index >= 15 is 0 Å². The molecule has 0 saturated carbocycles. The molecular formula is C25H19N. The molecule has 0 bridgehead atoms. The SMILES string of the molecule is CCn1c2ccccc2c2ccc3cc4c(cc3c21)Cc1ccccc1-4. The lowest BCUT2D eigenvalue weighted by atomic mass is 9.98. The van der Waals surface area contributed by atoms with Crippen LogP contribution in [0.15, 0.2) is 72.8 Å². The molecule has 26 heavy (non-hydrogen) atoms. The lowest BCUT2D eigenvalue weighted by Gasteiger charge is -2.09. The minimum absolute atomic E-state index is 0.987. The molecule has 1 aromatic heterocycles. The van der Waals surface area contributed by atoms with Gasteiger partial charge >= 0.3 is 0 Å². The van der Waals surface area contributed by atoms with Crippen LogP contribution in [0.5, 0.6) is 0 Å². The Bertz CT molecular complexity index is 1340. The van der Waals surface area contributed by atoms with E-state index in [1.165, 1.54) is 54.8 Å². The zero-order chi connectivity index (χ0) is 17.3. The number of aryl methyl sites for hydroxylation is 1. The van der Waals surface area contributed by atoms with Crippen molar-refractivity contribution in [1.29, 1.82) is 0 Å². The van der Waals surface area contributed by atoms with Crippen molar-refractivity contribution >= 4 is 32.6 Å². The third-order valence-electron chi connectivity index (χ3n) is 5.97. The largest absolute Gasteiger partial charge is 0.340 e. The second kappa shape index (κ2) is 4.98. The number of hydrogen-bond donors (Lipinski definition) is 0. The molecule has 0 radical (unpaired) electrons. The van der Waals surface area contributed by atoms with Crippen LogP contribution in [0.1, 0.15) is 18.1 Å². The third kappa shape index (κ3) is 1.70. The summed E-state index contributed by atoms with van der Waals surface area (Å²) >= 11 is 0. The van der Waals surface area contributed by atoms with Gasteiger partial charge in [0.25, 0.3) is 0 Å². The maximum absolute atomic E-state index is 2.47. The van der Waals surface area contributed by atoms with Gasteiger partial charge in [-0.15, -0.1) is 0 Å². The summed E-state index contributed by atoms with van der Waals surface area (Å²) < 4.78 is 2.47. The summed E-state index contributed by atoms with van der Waals surface area (Å²) in [6, 6.07) is 27.0. The fourth-order valence-corrected chi connectivity index (χ4v) is 4.83. The van der Waals surface area contributed by atoms with Crippen LogP contribution in [0, 0.1) is 0 Å². The number of aromatic nitrogens is 1. The Morgan fingerprint density at radius 1 is 0.731 bits per heavy atom. The van der Waals surface area contributed by atoms with Gasteiger partial charge in [0.2, 0.25) is 0 Å². The molecule has 0 N–H and O–H groups in total. The summed E-state index contributed by atoms with van der Waals surface area (Å²) in [5.41, 5.74) is 8.43. The topological polar surface area (TPSA) is 4.93 Å². The molecule has 5 aromatic rings. The molecule has 0 saturated heterocycles. The Labute approximate surface area is 152 Å². The molecule has 0 atom stereocenters. The van der Waals surface area contributed by atoms with Gasteiger partial charge in [-0.1, -0.05) is 54.6 Å². The van der Waals surface area contributed by atoms with E-state index in [-0.39, 0.29) is 0 Å². The molecule has 0 spiro atoms. The monoisotopic (exact) mass is 333 g/mol. The maximum Gasteiger partial charge on any atom is 0.0571 e. The van der Waals surface area contributed by atoms with Crippen molar-refractivity contribution in [3.63, 3.8) is 0 Å². The summed E-state index contributed by atoms with van der Waals surface area (Å²) in [7, 11) is 0. The Morgan fingerprint density at radius 3 is 2.50 bits per heavy atom. The molecular weight excluding hydrogens is 314 g/mol. The van der Waals surface area contributed by atoms with Crippen LogP contribution in [-0.2, 0) is 13.0 Å². The van der Waals surface area contributed by atoms with Crippen molar-refractivity contribution in [3.05, 3.63) is 83.9 Å². The van der Waals surface area contributed by atoms with Gasteiger partial charge in [-0.2, -0.15) is 0 Å². The summed E-state index contributed by atoms with van der Waals surface area (Å²) in [6.45, 7) is 3.23. The normalized spacial score (nSPS) is 12.8. The van der Waals surface area contributed by atoms with Crippen LogP contribution in [-0.4, -0.2) is 4.57 Å². The lowest BCUT2D eigenvalue weighted by molar-refractivity contribution is 0.829. The smallest absolute Gasteiger partial charge is 0.0571 e. The predicted molar refractivity (Wildman–Crippen MR) is 111 cm³/mol. The van der Waals surface area contributed by atoms with Crippen molar-refractivity contribution in [3.8, 4) is 11.1 Å². The third-order valence-corrected chi connectivity index (χ3v) is 5.97. The Hall–Kier alpha value is -3.06. The van der Waals surface area contributed by atoms with E-state index in [1.54, 1.807) is 0 Å². The quantitative estimate of drug-likeness (QED) is 0.322. The predicted octanol–water partition coefficient (Wildman–Crippen LogP) is 6.54. The van der Waals surface area contributed by atoms with E-state index in [1.807, 2.05) is 0 Å². The van der Waals surface area contributed by atoms with Crippen LogP contribution >= 0.6 is 0 Å². The van der Waals surface area contributed by atoms with Gasteiger partial charge < -0.3 is 4.57 Å². The number of rotatable bonds is 1. The van der Waals surface area contributed by atoms with Gasteiger partial charge in [-0.05, 0) is 59.2 Å². The number of benzene rings is 4. The van der Waals surface area contributed by atoms with E-state index < -0.39 is 0 Å². The fraction of sp³-hybridized carbons (Fsp3) is 0.120. The highest BCUT2D eigenvalue weighted by Crippen LogP contribution is 2.41. The van der Waals surface area contributed by atoms with E-state index in [2.05, 4.69) is 84.3 Å². The van der Waals surface area contributed by atoms with Crippen LogP contribution in [0.2, 0.25) is 0 Å². The van der Waals surface area contributed by atoms with Crippen molar-refractivity contribution in [2.24, 2.45) is 0 Å². The minimum Gasteiger partial charge on any atom is -0.340 e. The van der Waals surface area contributed by atoms with Crippen LogP contribution in [0.4, 0.5) is 0 Å². The highest BCUT2D eigenvalue weighted by Gasteiger charge is 2.20. The number of para-hydroxylation sites is 1. The van der Waals surface area contributed by atoms with E-state index in [9.17, 15) is 0 Å². The van der Waals surface area contributed by atoms with Crippen LogP contribution in [0.25, 0.3) is 43.7 Å². The zero-order valence-corrected chi connectivity index (χ0v) is 14.8. The van der Waals surface area contributed by atoms with Gasteiger partial charge in [-0.3, -0.25) is 0 Å². The number of nitrogens with zero attached hydrogens (tertiary/aromatic N) is 1. The Morgan fingerprint density at radius 2 is 1.58 bits per heavy atom. The summed E-state index contributed by atoms with van der Waals surface area (Å²) in [6.07, 6.45) is 1.05. The Balaban J connectivity index is 1.77. The molecule has 0 unspecified atom stereocenters. The first-order valence-corrected chi connectivity index (χ1v) is 9.40. The molecule has 1 aliphatic carbocycles. The summed E-state index contributed by atoms with van der Waals surface area (Å²) in [4.78, 5) is 0. The van der Waals surface area contributed by atoms with Gasteiger partial charge in [0.15, 0.2) is 0 Å². The first kappa shape index (κ1) is 14.1. The van der Waals surface area contributed by atoms with E-state index in [0.29, 0.717) is 0 Å². The second-order valence-corrected chi connectivity index (χ2v) is 7.29. The highest BCUT2D eigenvalue weighted by molar-refractivity contribution is 6.18. The van der Waals surface area contributed by atoms with Crippen molar-refractivity contribution in [2.45, 2.75) is 19.9 Å². The van der Waals surface area contributed by atoms with Gasteiger partial charge in [-0.25, -0.2) is 0 Å². The van der Waals surface area contributed by atoms with Gasteiger partial charge in [0.05, 0.1) is 5.52 Å². The fourth-order valence-electron chi connectivity index (χ4n) is 4.83. The van der Waals surface area contributed by atoms with E-state index in [0.717, 1.165) is 13.0 Å². The van der Waals surface area contributed by atoms with Gasteiger partial charge in [0.1, 0.15) is 0 Å². The molecule has 4 aromatic carbocycles. The molecule has 1 heterocycles. The lowest BCUT2D eigenvalue weighted by Crippen LogP contribution is -1.94. The molecule has 0 amide bonds.